The zero-order chi connectivity index (χ0) is 15.5. The monoisotopic (exact) mass is 311 g/mol. The molecule has 1 aliphatic carbocycles. The fourth-order valence-corrected chi connectivity index (χ4v) is 3.38. The third kappa shape index (κ3) is 3.43. The van der Waals surface area contributed by atoms with Crippen LogP contribution in [0.5, 0.6) is 0 Å². The smallest absolute Gasteiger partial charge is 0.342 e. The molecule has 1 heterocycles. The zero-order valence-electron chi connectivity index (χ0n) is 11.7. The average Bonchev–Trinajstić information content (AvgIpc) is 3.10. The van der Waals surface area contributed by atoms with Crippen molar-refractivity contribution in [3.05, 3.63) is 11.8 Å². The van der Waals surface area contributed by atoms with Crippen molar-refractivity contribution in [3.63, 3.8) is 0 Å². The summed E-state index contributed by atoms with van der Waals surface area (Å²) in [5, 5.41) is 5.75. The van der Waals surface area contributed by atoms with Gasteiger partial charge in [-0.2, -0.15) is 9.40 Å². The lowest BCUT2D eigenvalue weighted by Crippen LogP contribution is -2.34. The first-order chi connectivity index (χ1) is 10.0. The molecule has 0 saturated heterocycles. The molecule has 1 aromatic heterocycles. The lowest BCUT2D eigenvalue weighted by Gasteiger charge is -2.19. The summed E-state index contributed by atoms with van der Waals surface area (Å²) >= 11 is 0. The summed E-state index contributed by atoms with van der Waals surface area (Å²) < 4.78 is 31.3. The Hall–Kier alpha value is -1.85. The number of esters is 1. The van der Waals surface area contributed by atoms with E-state index in [0.29, 0.717) is 12.5 Å². The lowest BCUT2D eigenvalue weighted by molar-refractivity contribution is 0.0521. The summed E-state index contributed by atoms with van der Waals surface area (Å²) in [6, 6.07) is 0. The minimum absolute atomic E-state index is 0.0415. The van der Waals surface area contributed by atoms with E-state index >= 15 is 0 Å². The Morgan fingerprint density at radius 2 is 2.33 bits per heavy atom. The lowest BCUT2D eigenvalue weighted by atomic mass is 10.4. The Morgan fingerprint density at radius 1 is 1.62 bits per heavy atom. The molecule has 1 aliphatic rings. The molecular weight excluding hydrogens is 294 g/mol. The molecule has 0 atom stereocenters. The number of ether oxygens (including phenoxy) is 1. The van der Waals surface area contributed by atoms with E-state index in [1.165, 1.54) is 4.31 Å². The number of H-pyrrole nitrogens is 1. The summed E-state index contributed by atoms with van der Waals surface area (Å²) in [6.45, 7) is 2.11. The molecule has 1 saturated carbocycles. The van der Waals surface area contributed by atoms with Crippen molar-refractivity contribution in [2.24, 2.45) is 5.92 Å². The molecule has 1 fully saturated rings. The van der Waals surface area contributed by atoms with Gasteiger partial charge >= 0.3 is 5.97 Å². The molecule has 8 heteroatoms. The number of carbonyl (C=O) groups excluding carboxylic acids is 1. The quantitative estimate of drug-likeness (QED) is 0.588. The molecule has 0 spiro atoms. The molecule has 0 aliphatic heterocycles. The van der Waals surface area contributed by atoms with Crippen LogP contribution in [0.3, 0.4) is 0 Å². The first kappa shape index (κ1) is 15.5. The summed E-state index contributed by atoms with van der Waals surface area (Å²) in [7, 11) is -3.90. The van der Waals surface area contributed by atoms with Gasteiger partial charge in [-0.3, -0.25) is 5.10 Å². The van der Waals surface area contributed by atoms with Gasteiger partial charge in [0.15, 0.2) is 5.03 Å². The Morgan fingerprint density at radius 3 is 2.90 bits per heavy atom. The molecule has 114 valence electrons. The van der Waals surface area contributed by atoms with Crippen LogP contribution in [-0.2, 0) is 14.8 Å². The van der Waals surface area contributed by atoms with Gasteiger partial charge in [0.2, 0.25) is 0 Å². The molecule has 21 heavy (non-hydrogen) atoms. The summed E-state index contributed by atoms with van der Waals surface area (Å²) in [5.74, 6) is 1.95. The van der Waals surface area contributed by atoms with Crippen molar-refractivity contribution in [2.45, 2.75) is 24.8 Å². The molecule has 1 aromatic rings. The van der Waals surface area contributed by atoms with Crippen LogP contribution in [0, 0.1) is 18.3 Å². The number of nitrogens with one attached hydrogen (secondary N) is 1. The SMILES string of the molecule is C#CCN(CC1CC1)S(=O)(=O)c1[nH]ncc1C(=O)OCC. The summed E-state index contributed by atoms with van der Waals surface area (Å²) in [6.07, 6.45) is 8.38. The van der Waals surface area contributed by atoms with Gasteiger partial charge in [-0.1, -0.05) is 5.92 Å². The average molecular weight is 311 g/mol. The van der Waals surface area contributed by atoms with Gasteiger partial charge in [0.05, 0.1) is 19.3 Å². The molecular formula is C13H17N3O4S. The van der Waals surface area contributed by atoms with Gasteiger partial charge in [0.1, 0.15) is 5.56 Å². The van der Waals surface area contributed by atoms with Crippen molar-refractivity contribution >= 4 is 16.0 Å². The van der Waals surface area contributed by atoms with Gasteiger partial charge in [0, 0.05) is 6.54 Å². The molecule has 0 amide bonds. The topological polar surface area (TPSA) is 92.4 Å². The van der Waals surface area contributed by atoms with Crippen molar-refractivity contribution in [1.82, 2.24) is 14.5 Å². The Bertz CT molecular complexity index is 655. The van der Waals surface area contributed by atoms with Crippen LogP contribution >= 0.6 is 0 Å². The van der Waals surface area contributed by atoms with Crippen molar-refractivity contribution in [1.29, 1.82) is 0 Å². The van der Waals surface area contributed by atoms with Crippen LogP contribution in [0.15, 0.2) is 11.2 Å². The van der Waals surface area contributed by atoms with Crippen LogP contribution in [0.25, 0.3) is 0 Å². The van der Waals surface area contributed by atoms with E-state index in [4.69, 9.17) is 11.2 Å². The number of carbonyl (C=O) groups is 1. The van der Waals surface area contributed by atoms with Crippen molar-refractivity contribution in [2.75, 3.05) is 19.7 Å². The van der Waals surface area contributed by atoms with Crippen LogP contribution in [-0.4, -0.2) is 48.6 Å². The molecule has 0 aromatic carbocycles. The van der Waals surface area contributed by atoms with E-state index < -0.39 is 16.0 Å². The Balaban J connectivity index is 2.31. The van der Waals surface area contributed by atoms with E-state index in [-0.39, 0.29) is 23.7 Å². The van der Waals surface area contributed by atoms with Gasteiger partial charge in [-0.15, -0.1) is 6.42 Å². The van der Waals surface area contributed by atoms with Crippen LogP contribution in [0.4, 0.5) is 0 Å². The third-order valence-electron chi connectivity index (χ3n) is 3.12. The second kappa shape index (κ2) is 6.28. The van der Waals surface area contributed by atoms with Crippen molar-refractivity contribution < 1.29 is 17.9 Å². The van der Waals surface area contributed by atoms with Gasteiger partial charge in [0.25, 0.3) is 10.0 Å². The maximum atomic E-state index is 12.6. The minimum atomic E-state index is -3.90. The first-order valence-electron chi connectivity index (χ1n) is 6.64. The minimum Gasteiger partial charge on any atom is -0.462 e. The number of terminal acetylenes is 1. The highest BCUT2D eigenvalue weighted by Crippen LogP contribution is 2.31. The number of nitrogens with zero attached hydrogens (tertiary/aromatic N) is 2. The molecule has 2 rings (SSSR count). The predicted molar refractivity (Wildman–Crippen MR) is 74.9 cm³/mol. The van der Waals surface area contributed by atoms with Crippen LogP contribution in [0.2, 0.25) is 0 Å². The number of hydrogen-bond acceptors (Lipinski definition) is 5. The fourth-order valence-electron chi connectivity index (χ4n) is 1.89. The van der Waals surface area contributed by atoms with Gasteiger partial charge in [-0.05, 0) is 25.7 Å². The largest absolute Gasteiger partial charge is 0.462 e. The Labute approximate surface area is 123 Å². The number of aromatic nitrogens is 2. The summed E-state index contributed by atoms with van der Waals surface area (Å²) in [5.41, 5.74) is -0.102. The molecule has 7 nitrogen and oxygen atoms in total. The zero-order valence-corrected chi connectivity index (χ0v) is 12.5. The highest BCUT2D eigenvalue weighted by atomic mass is 32.2. The standard InChI is InChI=1S/C13H17N3O4S/c1-3-7-16(9-10-5-6-10)21(18,19)12-11(8-14-15-12)13(17)20-4-2/h1,8,10H,4-7,9H2,2H3,(H,14,15). The Kier molecular flexibility index (Phi) is 4.65. The second-order valence-electron chi connectivity index (χ2n) is 4.78. The fraction of sp³-hybridized carbons (Fsp3) is 0.538. The van der Waals surface area contributed by atoms with Gasteiger partial charge < -0.3 is 4.74 Å². The molecule has 0 radical (unpaired) electrons. The van der Waals surface area contributed by atoms with E-state index in [1.807, 2.05) is 0 Å². The summed E-state index contributed by atoms with van der Waals surface area (Å²) in [4.78, 5) is 11.8. The van der Waals surface area contributed by atoms with Crippen LogP contribution in [0.1, 0.15) is 30.1 Å². The first-order valence-corrected chi connectivity index (χ1v) is 8.08. The normalized spacial score (nSPS) is 14.9. The van der Waals surface area contributed by atoms with E-state index in [0.717, 1.165) is 19.0 Å². The van der Waals surface area contributed by atoms with Gasteiger partial charge in [-0.25, -0.2) is 13.2 Å². The number of hydrogen-bond donors (Lipinski definition) is 1. The number of aromatic amines is 1. The molecule has 0 unspecified atom stereocenters. The molecule has 0 bridgehead atoms. The van der Waals surface area contributed by atoms with E-state index in [9.17, 15) is 13.2 Å². The number of sulfonamides is 1. The van der Waals surface area contributed by atoms with Crippen molar-refractivity contribution in [3.8, 4) is 12.3 Å². The molecule has 1 N–H and O–H groups in total. The highest BCUT2D eigenvalue weighted by molar-refractivity contribution is 7.89. The highest BCUT2D eigenvalue weighted by Gasteiger charge is 2.35. The second-order valence-corrected chi connectivity index (χ2v) is 6.65. The maximum absolute atomic E-state index is 12.6. The third-order valence-corrected chi connectivity index (χ3v) is 4.91. The maximum Gasteiger partial charge on any atom is 0.342 e. The predicted octanol–water partition coefficient (Wildman–Crippen LogP) is 0.620. The van der Waals surface area contributed by atoms with E-state index in [2.05, 4.69) is 16.1 Å². The van der Waals surface area contributed by atoms with Crippen LogP contribution < -0.4 is 0 Å². The van der Waals surface area contributed by atoms with E-state index in [1.54, 1.807) is 6.92 Å². The number of rotatable bonds is 7.